The molecule has 0 spiro atoms. The molecule has 0 atom stereocenters. The first-order valence-corrected chi connectivity index (χ1v) is 4.85. The van der Waals surface area contributed by atoms with Crippen LogP contribution in [0.5, 0.6) is 0 Å². The van der Waals surface area contributed by atoms with Crippen LogP contribution in [0, 0.1) is 0 Å². The van der Waals surface area contributed by atoms with Crippen LogP contribution in [0.15, 0.2) is 24.0 Å². The van der Waals surface area contributed by atoms with Crippen LogP contribution in [0.4, 0.5) is 0 Å². The Morgan fingerprint density at radius 3 is 3.14 bits per heavy atom. The van der Waals surface area contributed by atoms with E-state index in [-0.39, 0.29) is 5.97 Å². The summed E-state index contributed by atoms with van der Waals surface area (Å²) in [7, 11) is 1.37. The van der Waals surface area contributed by atoms with Crippen molar-refractivity contribution in [1.82, 2.24) is 9.97 Å². The fourth-order valence-electron chi connectivity index (χ4n) is 1.18. The van der Waals surface area contributed by atoms with Gasteiger partial charge in [-0.1, -0.05) is 0 Å². The maximum absolute atomic E-state index is 11.3. The topological polar surface area (TPSA) is 55.0 Å². The molecule has 0 saturated heterocycles. The van der Waals surface area contributed by atoms with Gasteiger partial charge in [-0.2, -0.15) is 0 Å². The molecule has 0 unspecified atom stereocenters. The minimum Gasteiger partial charge on any atom is -0.465 e. The predicted octanol–water partition coefficient (Wildman–Crippen LogP) is 1.92. The zero-order valence-corrected chi connectivity index (χ0v) is 8.30. The highest BCUT2D eigenvalue weighted by Crippen LogP contribution is 2.26. The molecule has 0 bridgehead atoms. The summed E-state index contributed by atoms with van der Waals surface area (Å²) in [5, 5.41) is 1.85. The van der Waals surface area contributed by atoms with Gasteiger partial charge in [-0.05, 0) is 11.4 Å². The highest BCUT2D eigenvalue weighted by molar-refractivity contribution is 7.12. The zero-order chi connectivity index (χ0) is 9.97. The van der Waals surface area contributed by atoms with E-state index in [9.17, 15) is 4.79 Å². The summed E-state index contributed by atoms with van der Waals surface area (Å²) < 4.78 is 4.67. The second kappa shape index (κ2) is 3.63. The molecule has 2 aromatic heterocycles. The Bertz CT molecular complexity index is 433. The van der Waals surface area contributed by atoms with Crippen LogP contribution in [0.1, 0.15) is 9.67 Å². The molecule has 2 aromatic rings. The summed E-state index contributed by atoms with van der Waals surface area (Å²) in [6.45, 7) is 0. The Labute approximate surface area is 84.6 Å². The molecule has 0 fully saturated rings. The third kappa shape index (κ3) is 1.42. The second-order valence-corrected chi connectivity index (χ2v) is 3.54. The van der Waals surface area contributed by atoms with E-state index >= 15 is 0 Å². The number of hydrogen-bond donors (Lipinski definition) is 1. The van der Waals surface area contributed by atoms with Gasteiger partial charge >= 0.3 is 5.97 Å². The van der Waals surface area contributed by atoms with Crippen molar-refractivity contribution in [2.75, 3.05) is 7.11 Å². The summed E-state index contributed by atoms with van der Waals surface area (Å²) in [5.74, 6) is -0.315. The maximum Gasteiger partial charge on any atom is 0.348 e. The Kier molecular flexibility index (Phi) is 2.32. The first kappa shape index (κ1) is 8.96. The second-order valence-electron chi connectivity index (χ2n) is 2.62. The van der Waals surface area contributed by atoms with E-state index in [4.69, 9.17) is 0 Å². The first-order chi connectivity index (χ1) is 6.83. The Balaban J connectivity index is 2.45. The van der Waals surface area contributed by atoms with Gasteiger partial charge < -0.3 is 9.72 Å². The molecule has 1 N–H and O–H groups in total. The highest BCUT2D eigenvalue weighted by atomic mass is 32.1. The molecule has 72 valence electrons. The van der Waals surface area contributed by atoms with Gasteiger partial charge in [0.2, 0.25) is 0 Å². The van der Waals surface area contributed by atoms with Crippen LogP contribution < -0.4 is 0 Å². The van der Waals surface area contributed by atoms with Crippen molar-refractivity contribution < 1.29 is 9.53 Å². The molecule has 2 heterocycles. The number of nitrogens with zero attached hydrogens (tertiary/aromatic N) is 1. The van der Waals surface area contributed by atoms with E-state index in [2.05, 4.69) is 14.7 Å². The van der Waals surface area contributed by atoms with Gasteiger partial charge in [0.1, 0.15) is 4.88 Å². The summed E-state index contributed by atoms with van der Waals surface area (Å²) in [4.78, 5) is 18.8. The Morgan fingerprint density at radius 1 is 1.64 bits per heavy atom. The van der Waals surface area contributed by atoms with Gasteiger partial charge in [0, 0.05) is 5.56 Å². The van der Waals surface area contributed by atoms with Gasteiger partial charge in [0.05, 0.1) is 25.3 Å². The van der Waals surface area contributed by atoms with E-state index < -0.39 is 0 Å². The molecule has 14 heavy (non-hydrogen) atoms. The van der Waals surface area contributed by atoms with Gasteiger partial charge in [-0.15, -0.1) is 11.3 Å². The van der Waals surface area contributed by atoms with Gasteiger partial charge in [-0.3, -0.25) is 0 Å². The summed E-state index contributed by atoms with van der Waals surface area (Å²) in [5.41, 5.74) is 1.66. The number of hydrogen-bond acceptors (Lipinski definition) is 4. The fraction of sp³-hybridized carbons (Fsp3) is 0.111. The summed E-state index contributed by atoms with van der Waals surface area (Å²) in [6, 6.07) is 1.87. The fourth-order valence-corrected chi connectivity index (χ4v) is 2.00. The van der Waals surface area contributed by atoms with Crippen LogP contribution in [-0.2, 0) is 4.74 Å². The normalized spacial score (nSPS) is 10.1. The number of carbonyl (C=O) groups is 1. The van der Waals surface area contributed by atoms with E-state index in [1.165, 1.54) is 18.4 Å². The van der Waals surface area contributed by atoms with Crippen molar-refractivity contribution in [2.45, 2.75) is 0 Å². The number of methoxy groups -OCH3 is 1. The Hall–Kier alpha value is -1.62. The smallest absolute Gasteiger partial charge is 0.348 e. The minimum atomic E-state index is -0.315. The molecule has 5 heteroatoms. The SMILES string of the molecule is COC(=O)c1sccc1-c1cnc[nH]1. The lowest BCUT2D eigenvalue weighted by Crippen LogP contribution is -1.99. The lowest BCUT2D eigenvalue weighted by molar-refractivity contribution is 0.0607. The van der Waals surface area contributed by atoms with Crippen molar-refractivity contribution in [1.29, 1.82) is 0 Å². The average molecular weight is 208 g/mol. The zero-order valence-electron chi connectivity index (χ0n) is 7.48. The van der Waals surface area contributed by atoms with Crippen molar-refractivity contribution in [2.24, 2.45) is 0 Å². The number of imidazole rings is 1. The third-order valence-electron chi connectivity index (χ3n) is 1.82. The highest BCUT2D eigenvalue weighted by Gasteiger charge is 2.15. The molecule has 0 aliphatic heterocycles. The predicted molar refractivity (Wildman–Crippen MR) is 53.2 cm³/mol. The van der Waals surface area contributed by atoms with Crippen molar-refractivity contribution in [3.63, 3.8) is 0 Å². The molecular weight excluding hydrogens is 200 g/mol. The lowest BCUT2D eigenvalue weighted by Gasteiger charge is -1.98. The van der Waals surface area contributed by atoms with E-state index in [0.29, 0.717) is 4.88 Å². The minimum absolute atomic E-state index is 0.315. The van der Waals surface area contributed by atoms with Crippen molar-refractivity contribution in [3.05, 3.63) is 28.8 Å². The van der Waals surface area contributed by atoms with Crippen LogP contribution in [0.2, 0.25) is 0 Å². The summed E-state index contributed by atoms with van der Waals surface area (Å²) in [6.07, 6.45) is 3.25. The van der Waals surface area contributed by atoms with E-state index in [1.807, 2.05) is 11.4 Å². The number of esters is 1. The largest absolute Gasteiger partial charge is 0.465 e. The number of nitrogens with one attached hydrogen (secondary N) is 1. The third-order valence-corrected chi connectivity index (χ3v) is 2.72. The quantitative estimate of drug-likeness (QED) is 0.767. The monoisotopic (exact) mass is 208 g/mol. The average Bonchev–Trinajstić information content (AvgIpc) is 2.85. The number of aromatic nitrogens is 2. The molecule has 0 aliphatic carbocycles. The van der Waals surface area contributed by atoms with Crippen molar-refractivity contribution in [3.8, 4) is 11.3 Å². The lowest BCUT2D eigenvalue weighted by atomic mass is 10.2. The molecular formula is C9H8N2O2S. The number of H-pyrrole nitrogens is 1. The van der Waals surface area contributed by atoms with Crippen LogP contribution in [-0.4, -0.2) is 23.0 Å². The molecule has 0 aliphatic rings. The van der Waals surface area contributed by atoms with E-state index in [1.54, 1.807) is 12.5 Å². The standard InChI is InChI=1S/C9H8N2O2S/c1-13-9(12)8-6(2-3-14-8)7-4-10-5-11-7/h2-5H,1H3,(H,10,11). The number of rotatable bonds is 2. The van der Waals surface area contributed by atoms with Crippen molar-refractivity contribution >= 4 is 17.3 Å². The molecule has 2 rings (SSSR count). The van der Waals surface area contributed by atoms with Gasteiger partial charge in [0.25, 0.3) is 0 Å². The summed E-state index contributed by atoms with van der Waals surface area (Å²) >= 11 is 1.36. The molecule has 4 nitrogen and oxygen atoms in total. The van der Waals surface area contributed by atoms with Crippen LogP contribution >= 0.6 is 11.3 Å². The number of ether oxygens (including phenoxy) is 1. The number of carbonyl (C=O) groups excluding carboxylic acids is 1. The van der Waals surface area contributed by atoms with E-state index in [0.717, 1.165) is 11.3 Å². The van der Waals surface area contributed by atoms with Crippen LogP contribution in [0.3, 0.4) is 0 Å². The molecule has 0 aromatic carbocycles. The Morgan fingerprint density at radius 2 is 2.50 bits per heavy atom. The first-order valence-electron chi connectivity index (χ1n) is 3.97. The molecule has 0 amide bonds. The maximum atomic E-state index is 11.3. The van der Waals surface area contributed by atoms with Crippen LogP contribution in [0.25, 0.3) is 11.3 Å². The number of thiophene rings is 1. The molecule has 0 radical (unpaired) electrons. The van der Waals surface area contributed by atoms with Gasteiger partial charge in [-0.25, -0.2) is 9.78 Å². The molecule has 0 saturated carbocycles. The van der Waals surface area contributed by atoms with Gasteiger partial charge in [0.15, 0.2) is 0 Å². The number of aromatic amines is 1.